The number of carbonyl (C=O) groups excluding carboxylic acids is 1. The average molecular weight is 334 g/mol. The number of hydrogen-bond acceptors (Lipinski definition) is 2. The summed E-state index contributed by atoms with van der Waals surface area (Å²) in [5.74, 6) is -3.81. The van der Waals surface area contributed by atoms with Crippen LogP contribution >= 0.6 is 0 Å². The third-order valence-electron chi connectivity index (χ3n) is 3.67. The number of aryl methyl sites for hydroxylation is 1. The summed E-state index contributed by atoms with van der Waals surface area (Å²) in [4.78, 5) is 11.7. The maximum absolute atomic E-state index is 14.2. The van der Waals surface area contributed by atoms with Gasteiger partial charge in [0.25, 0.3) is 0 Å². The highest BCUT2D eigenvalue weighted by Crippen LogP contribution is 2.32. The number of methoxy groups -OCH3 is 1. The zero-order chi connectivity index (χ0) is 17.9. The first-order valence-corrected chi connectivity index (χ1v) is 7.44. The Morgan fingerprint density at radius 3 is 2.42 bits per heavy atom. The molecule has 0 aliphatic heterocycles. The van der Waals surface area contributed by atoms with E-state index >= 15 is 0 Å². The van der Waals surface area contributed by atoms with Gasteiger partial charge in [-0.2, -0.15) is 0 Å². The van der Waals surface area contributed by atoms with Crippen LogP contribution in [0.5, 0.6) is 0 Å². The summed E-state index contributed by atoms with van der Waals surface area (Å²) in [5.41, 5.74) is 1.16. The van der Waals surface area contributed by atoms with E-state index in [1.165, 1.54) is 13.2 Å². The molecule has 0 bridgehead atoms. The third-order valence-corrected chi connectivity index (χ3v) is 3.67. The van der Waals surface area contributed by atoms with Crippen LogP contribution in [0.2, 0.25) is 0 Å². The van der Waals surface area contributed by atoms with Crippen molar-refractivity contribution in [1.82, 2.24) is 0 Å². The molecule has 0 fully saturated rings. The van der Waals surface area contributed by atoms with Crippen molar-refractivity contribution in [2.75, 3.05) is 7.11 Å². The van der Waals surface area contributed by atoms with E-state index in [0.29, 0.717) is 17.5 Å². The zero-order valence-corrected chi connectivity index (χ0v) is 13.6. The lowest BCUT2D eigenvalue weighted by molar-refractivity contribution is 0.0600. The van der Waals surface area contributed by atoms with Gasteiger partial charge in [-0.25, -0.2) is 18.0 Å². The Morgan fingerprint density at radius 2 is 1.79 bits per heavy atom. The molecule has 126 valence electrons. The minimum Gasteiger partial charge on any atom is -0.465 e. The highest BCUT2D eigenvalue weighted by Gasteiger charge is 2.21. The number of ether oxygens (including phenoxy) is 1. The monoisotopic (exact) mass is 334 g/mol. The van der Waals surface area contributed by atoms with Crippen molar-refractivity contribution in [2.24, 2.45) is 0 Å². The van der Waals surface area contributed by atoms with Gasteiger partial charge in [0.15, 0.2) is 11.6 Å². The van der Waals surface area contributed by atoms with Crippen LogP contribution < -0.4 is 0 Å². The van der Waals surface area contributed by atoms with E-state index in [-0.39, 0.29) is 11.1 Å². The first-order chi connectivity index (χ1) is 11.4. The van der Waals surface area contributed by atoms with Gasteiger partial charge in [0.05, 0.1) is 18.2 Å². The van der Waals surface area contributed by atoms with E-state index in [9.17, 15) is 18.0 Å². The van der Waals surface area contributed by atoms with Crippen molar-refractivity contribution in [3.05, 3.63) is 76.1 Å². The number of benzene rings is 2. The molecule has 0 N–H and O–H groups in total. The molecule has 0 unspecified atom stereocenters. The largest absolute Gasteiger partial charge is 0.465 e. The quantitative estimate of drug-likeness (QED) is 0.578. The molecular weight excluding hydrogens is 317 g/mol. The normalized spacial score (nSPS) is 11.5. The van der Waals surface area contributed by atoms with Crippen LogP contribution in [-0.2, 0) is 4.74 Å². The number of carbonyl (C=O) groups is 1. The molecule has 2 rings (SSSR count). The van der Waals surface area contributed by atoms with Gasteiger partial charge in [-0.3, -0.25) is 0 Å². The second-order valence-electron chi connectivity index (χ2n) is 5.27. The summed E-state index contributed by atoms with van der Waals surface area (Å²) >= 11 is 0. The van der Waals surface area contributed by atoms with E-state index in [4.69, 9.17) is 0 Å². The van der Waals surface area contributed by atoms with E-state index in [0.717, 1.165) is 12.1 Å². The number of hydrogen-bond donors (Lipinski definition) is 0. The molecule has 0 heterocycles. The standard InChI is InChI=1S/C19H17F3O2/c1-4-5-13(17-15(20)8-9-16(21)18(17)22)14-10-12(19(23)24-3)7-6-11(14)2/h5-10H,4H2,1-3H3/b13-5+. The first-order valence-electron chi connectivity index (χ1n) is 7.44. The van der Waals surface area contributed by atoms with Crippen molar-refractivity contribution < 1.29 is 22.7 Å². The van der Waals surface area contributed by atoms with Crippen LogP contribution in [-0.4, -0.2) is 13.1 Å². The summed E-state index contributed by atoms with van der Waals surface area (Å²) in [5, 5.41) is 0. The van der Waals surface area contributed by atoms with Crippen LogP contribution in [0.1, 0.15) is 40.4 Å². The minimum absolute atomic E-state index is 0.204. The number of rotatable bonds is 4. The van der Waals surface area contributed by atoms with Gasteiger partial charge < -0.3 is 4.74 Å². The Bertz CT molecular complexity index is 810. The van der Waals surface area contributed by atoms with Crippen molar-refractivity contribution in [3.8, 4) is 0 Å². The molecule has 0 radical (unpaired) electrons. The number of allylic oxidation sites excluding steroid dienone is 1. The van der Waals surface area contributed by atoms with Crippen molar-refractivity contribution in [3.63, 3.8) is 0 Å². The molecule has 0 spiro atoms. The van der Waals surface area contributed by atoms with Gasteiger partial charge in [-0.1, -0.05) is 19.1 Å². The van der Waals surface area contributed by atoms with Crippen molar-refractivity contribution in [1.29, 1.82) is 0 Å². The molecule has 0 atom stereocenters. The molecule has 24 heavy (non-hydrogen) atoms. The third kappa shape index (κ3) is 3.35. The molecule has 2 aromatic rings. The fraction of sp³-hybridized carbons (Fsp3) is 0.211. The SMILES string of the molecule is CC/C=C(\c1cc(C(=O)OC)ccc1C)c1c(F)ccc(F)c1F. The highest BCUT2D eigenvalue weighted by atomic mass is 19.2. The second kappa shape index (κ2) is 7.34. The molecule has 0 saturated carbocycles. The topological polar surface area (TPSA) is 26.3 Å². The molecule has 0 aliphatic carbocycles. The predicted octanol–water partition coefficient (Wildman–Crippen LogP) is 5.04. The Balaban J connectivity index is 2.73. The molecule has 0 amide bonds. The maximum atomic E-state index is 14.2. The van der Waals surface area contributed by atoms with Gasteiger partial charge in [0, 0.05) is 0 Å². The molecular formula is C19H17F3O2. The van der Waals surface area contributed by atoms with Gasteiger partial charge in [-0.05, 0) is 54.3 Å². The van der Waals surface area contributed by atoms with E-state index in [2.05, 4.69) is 4.74 Å². The van der Waals surface area contributed by atoms with E-state index in [1.54, 1.807) is 32.1 Å². The fourth-order valence-electron chi connectivity index (χ4n) is 2.48. The Hall–Kier alpha value is -2.56. The van der Waals surface area contributed by atoms with Gasteiger partial charge in [0.1, 0.15) is 5.82 Å². The zero-order valence-electron chi connectivity index (χ0n) is 13.6. The molecule has 0 aliphatic rings. The van der Waals surface area contributed by atoms with E-state index in [1.807, 2.05) is 0 Å². The average Bonchev–Trinajstić information content (AvgIpc) is 2.57. The van der Waals surface area contributed by atoms with Crippen molar-refractivity contribution in [2.45, 2.75) is 20.3 Å². The predicted molar refractivity (Wildman–Crippen MR) is 86.2 cm³/mol. The lowest BCUT2D eigenvalue weighted by Gasteiger charge is -2.15. The van der Waals surface area contributed by atoms with Gasteiger partial charge in [0.2, 0.25) is 0 Å². The highest BCUT2D eigenvalue weighted by molar-refractivity contribution is 5.92. The lowest BCUT2D eigenvalue weighted by Crippen LogP contribution is -2.05. The molecule has 2 aromatic carbocycles. The number of esters is 1. The van der Waals surface area contributed by atoms with E-state index < -0.39 is 29.0 Å². The smallest absolute Gasteiger partial charge is 0.337 e. The summed E-state index contributed by atoms with van der Waals surface area (Å²) in [6.45, 7) is 3.55. The first kappa shape index (κ1) is 17.8. The summed E-state index contributed by atoms with van der Waals surface area (Å²) in [6.07, 6.45) is 2.08. The van der Waals surface area contributed by atoms with Crippen LogP contribution in [0.15, 0.2) is 36.4 Å². The summed E-state index contributed by atoms with van der Waals surface area (Å²) < 4.78 is 46.7. The maximum Gasteiger partial charge on any atom is 0.337 e. The fourth-order valence-corrected chi connectivity index (χ4v) is 2.48. The Morgan fingerprint density at radius 1 is 1.12 bits per heavy atom. The second-order valence-corrected chi connectivity index (χ2v) is 5.27. The van der Waals surface area contributed by atoms with Crippen LogP contribution in [0, 0.1) is 24.4 Å². The lowest BCUT2D eigenvalue weighted by atomic mass is 9.91. The van der Waals surface area contributed by atoms with Crippen LogP contribution in [0.3, 0.4) is 0 Å². The summed E-state index contributed by atoms with van der Waals surface area (Å²) in [7, 11) is 1.25. The summed E-state index contributed by atoms with van der Waals surface area (Å²) in [6, 6.07) is 6.34. The molecule has 0 aromatic heterocycles. The Labute approximate surface area is 138 Å². The van der Waals surface area contributed by atoms with Gasteiger partial charge in [-0.15, -0.1) is 0 Å². The molecule has 2 nitrogen and oxygen atoms in total. The minimum atomic E-state index is -1.25. The van der Waals surface area contributed by atoms with Gasteiger partial charge >= 0.3 is 5.97 Å². The van der Waals surface area contributed by atoms with Crippen LogP contribution in [0.4, 0.5) is 13.2 Å². The molecule has 5 heteroatoms. The molecule has 0 saturated heterocycles. The van der Waals surface area contributed by atoms with Crippen molar-refractivity contribution >= 4 is 11.5 Å². The Kier molecular flexibility index (Phi) is 5.44. The number of halogens is 3. The van der Waals surface area contributed by atoms with Crippen LogP contribution in [0.25, 0.3) is 5.57 Å².